The zero-order valence-electron chi connectivity index (χ0n) is 11.6. The molecule has 0 aliphatic carbocycles. The lowest BCUT2D eigenvalue weighted by Crippen LogP contribution is -2.08. The molecule has 21 heavy (non-hydrogen) atoms. The van der Waals surface area contributed by atoms with Gasteiger partial charge in [0, 0.05) is 6.42 Å². The van der Waals surface area contributed by atoms with Gasteiger partial charge in [0.05, 0.1) is 18.4 Å². The Morgan fingerprint density at radius 3 is 2.86 bits per heavy atom. The van der Waals surface area contributed by atoms with Crippen molar-refractivity contribution in [1.29, 1.82) is 5.26 Å². The number of methoxy groups -OCH3 is 1. The fraction of sp³-hybridized carbons (Fsp3) is 0.214. The summed E-state index contributed by atoms with van der Waals surface area (Å²) in [6.07, 6.45) is 0.500. The van der Waals surface area contributed by atoms with Gasteiger partial charge in [-0.15, -0.1) is 0 Å². The van der Waals surface area contributed by atoms with E-state index in [9.17, 15) is 9.18 Å². The molecule has 2 aromatic rings. The van der Waals surface area contributed by atoms with Crippen molar-refractivity contribution >= 4 is 11.8 Å². The minimum absolute atomic E-state index is 0.00261. The zero-order valence-corrected chi connectivity index (χ0v) is 11.6. The number of nitriles is 1. The molecule has 0 saturated carbocycles. The van der Waals surface area contributed by atoms with Crippen LogP contribution in [-0.4, -0.2) is 22.6 Å². The van der Waals surface area contributed by atoms with Gasteiger partial charge in [0.1, 0.15) is 23.5 Å². The van der Waals surface area contributed by atoms with Crippen LogP contribution in [0.15, 0.2) is 18.2 Å². The molecular formula is C14H13FN4O2. The number of carbonyl (C=O) groups excluding carboxylic acids is 1. The number of ether oxygens (including phenoxy) is 1. The van der Waals surface area contributed by atoms with E-state index in [2.05, 4.69) is 9.72 Å². The van der Waals surface area contributed by atoms with Gasteiger partial charge in [0.15, 0.2) is 5.69 Å². The molecular weight excluding hydrogens is 275 g/mol. The van der Waals surface area contributed by atoms with Crippen molar-refractivity contribution in [2.75, 3.05) is 12.8 Å². The van der Waals surface area contributed by atoms with E-state index in [0.29, 0.717) is 17.9 Å². The van der Waals surface area contributed by atoms with Crippen LogP contribution < -0.4 is 5.73 Å². The number of carbonyl (C=O) groups is 1. The van der Waals surface area contributed by atoms with Crippen LogP contribution in [0.2, 0.25) is 0 Å². The maximum absolute atomic E-state index is 13.4. The predicted octanol–water partition coefficient (Wildman–Crippen LogP) is 1.81. The smallest absolute Gasteiger partial charge is 0.360 e. The summed E-state index contributed by atoms with van der Waals surface area (Å²) in [6.45, 7) is 1.84. The minimum Gasteiger partial charge on any atom is -0.464 e. The lowest BCUT2D eigenvalue weighted by Gasteiger charge is -2.09. The van der Waals surface area contributed by atoms with Crippen LogP contribution in [0.4, 0.5) is 10.2 Å². The van der Waals surface area contributed by atoms with E-state index in [1.807, 2.05) is 6.92 Å². The van der Waals surface area contributed by atoms with Gasteiger partial charge in [-0.3, -0.25) is 4.57 Å². The third-order valence-electron chi connectivity index (χ3n) is 3.01. The van der Waals surface area contributed by atoms with E-state index < -0.39 is 11.8 Å². The SMILES string of the molecule is CCc1nc(C(=O)OC)c(N)n1-c1ccc(F)c(C#N)c1. The van der Waals surface area contributed by atoms with Gasteiger partial charge < -0.3 is 10.5 Å². The van der Waals surface area contributed by atoms with Crippen LogP contribution in [0.3, 0.4) is 0 Å². The molecule has 7 heteroatoms. The molecule has 0 amide bonds. The predicted molar refractivity (Wildman–Crippen MR) is 73.4 cm³/mol. The molecule has 1 aromatic heterocycles. The number of rotatable bonds is 3. The third-order valence-corrected chi connectivity index (χ3v) is 3.01. The molecule has 0 bridgehead atoms. The highest BCUT2D eigenvalue weighted by Gasteiger charge is 2.21. The number of nitrogens with zero attached hydrogens (tertiary/aromatic N) is 3. The number of benzene rings is 1. The Labute approximate surface area is 120 Å². The van der Waals surface area contributed by atoms with Gasteiger partial charge >= 0.3 is 5.97 Å². The van der Waals surface area contributed by atoms with Crippen LogP contribution in [0, 0.1) is 17.1 Å². The Balaban J connectivity index is 2.66. The van der Waals surface area contributed by atoms with Crippen molar-refractivity contribution in [3.05, 3.63) is 41.1 Å². The van der Waals surface area contributed by atoms with Gasteiger partial charge in [-0.25, -0.2) is 14.2 Å². The molecule has 2 rings (SSSR count). The Morgan fingerprint density at radius 1 is 1.57 bits per heavy atom. The first-order chi connectivity index (χ1) is 10.0. The Morgan fingerprint density at radius 2 is 2.29 bits per heavy atom. The average Bonchev–Trinajstić information content (AvgIpc) is 2.84. The standard InChI is InChI=1S/C14H13FN4O2/c1-3-11-18-12(14(20)21-2)13(17)19(11)9-4-5-10(15)8(6-9)7-16/h4-6H,3,17H2,1-2H3. The molecule has 0 aliphatic heterocycles. The molecule has 0 radical (unpaired) electrons. The quantitative estimate of drug-likeness (QED) is 0.869. The van der Waals surface area contributed by atoms with Crippen LogP contribution in [0.25, 0.3) is 5.69 Å². The molecule has 2 N–H and O–H groups in total. The monoisotopic (exact) mass is 288 g/mol. The molecule has 0 aliphatic rings. The van der Waals surface area contributed by atoms with Gasteiger partial charge in [0.2, 0.25) is 0 Å². The second kappa shape index (κ2) is 5.63. The lowest BCUT2D eigenvalue weighted by atomic mass is 10.2. The highest BCUT2D eigenvalue weighted by Crippen LogP contribution is 2.23. The summed E-state index contributed by atoms with van der Waals surface area (Å²) in [5.41, 5.74) is 6.29. The summed E-state index contributed by atoms with van der Waals surface area (Å²) in [4.78, 5) is 15.8. The van der Waals surface area contributed by atoms with Gasteiger partial charge in [0.25, 0.3) is 0 Å². The second-order valence-corrected chi connectivity index (χ2v) is 4.22. The van der Waals surface area contributed by atoms with Crippen molar-refractivity contribution in [1.82, 2.24) is 9.55 Å². The number of anilines is 1. The summed E-state index contributed by atoms with van der Waals surface area (Å²) in [7, 11) is 1.23. The Hall–Kier alpha value is -2.88. The normalized spacial score (nSPS) is 10.2. The highest BCUT2D eigenvalue weighted by atomic mass is 19.1. The number of aromatic nitrogens is 2. The zero-order chi connectivity index (χ0) is 15.6. The molecule has 6 nitrogen and oxygen atoms in total. The van der Waals surface area contributed by atoms with Crippen molar-refractivity contribution in [2.45, 2.75) is 13.3 Å². The minimum atomic E-state index is -0.649. The lowest BCUT2D eigenvalue weighted by molar-refractivity contribution is 0.0595. The van der Waals surface area contributed by atoms with E-state index >= 15 is 0 Å². The van der Waals surface area contributed by atoms with Crippen LogP contribution in [-0.2, 0) is 11.2 Å². The van der Waals surface area contributed by atoms with Crippen LogP contribution >= 0.6 is 0 Å². The Kier molecular flexibility index (Phi) is 3.89. The number of aryl methyl sites for hydroxylation is 1. The number of halogens is 1. The molecule has 0 spiro atoms. The summed E-state index contributed by atoms with van der Waals surface area (Å²) < 4.78 is 19.5. The first-order valence-electron chi connectivity index (χ1n) is 6.18. The molecule has 0 unspecified atom stereocenters. The number of esters is 1. The van der Waals surface area contributed by atoms with Crippen molar-refractivity contribution in [2.24, 2.45) is 0 Å². The largest absolute Gasteiger partial charge is 0.464 e. The van der Waals surface area contributed by atoms with E-state index in [1.54, 1.807) is 6.07 Å². The fourth-order valence-corrected chi connectivity index (χ4v) is 1.99. The molecule has 108 valence electrons. The summed E-state index contributed by atoms with van der Waals surface area (Å²) >= 11 is 0. The molecule has 0 atom stereocenters. The maximum Gasteiger partial charge on any atom is 0.360 e. The first-order valence-corrected chi connectivity index (χ1v) is 6.18. The number of hydrogen-bond donors (Lipinski definition) is 1. The third kappa shape index (κ3) is 2.43. The maximum atomic E-state index is 13.4. The summed E-state index contributed by atoms with van der Waals surface area (Å²) in [5.74, 6) is -0.660. The first kappa shape index (κ1) is 14.5. The van der Waals surface area contributed by atoms with Gasteiger partial charge in [-0.1, -0.05) is 6.92 Å². The topological polar surface area (TPSA) is 93.9 Å². The molecule has 1 heterocycles. The summed E-state index contributed by atoms with van der Waals surface area (Å²) in [5, 5.41) is 8.90. The second-order valence-electron chi connectivity index (χ2n) is 4.22. The Bertz CT molecular complexity index is 746. The molecule has 1 aromatic carbocycles. The summed E-state index contributed by atoms with van der Waals surface area (Å²) in [6, 6.07) is 5.75. The highest BCUT2D eigenvalue weighted by molar-refractivity contribution is 5.92. The van der Waals surface area contributed by atoms with E-state index in [-0.39, 0.29) is 17.1 Å². The molecule has 0 saturated heterocycles. The molecule has 0 fully saturated rings. The fourth-order valence-electron chi connectivity index (χ4n) is 1.99. The van der Waals surface area contributed by atoms with Crippen LogP contribution in [0.1, 0.15) is 28.8 Å². The van der Waals surface area contributed by atoms with Gasteiger partial charge in [-0.05, 0) is 18.2 Å². The average molecular weight is 288 g/mol. The van der Waals surface area contributed by atoms with Crippen molar-refractivity contribution in [3.8, 4) is 11.8 Å². The van der Waals surface area contributed by atoms with Crippen molar-refractivity contribution < 1.29 is 13.9 Å². The number of nitrogen functional groups attached to an aromatic ring is 1. The number of nitrogens with two attached hydrogens (primary N) is 1. The number of hydrogen-bond acceptors (Lipinski definition) is 5. The van der Waals surface area contributed by atoms with E-state index in [4.69, 9.17) is 11.0 Å². The van der Waals surface area contributed by atoms with Crippen LogP contribution in [0.5, 0.6) is 0 Å². The van der Waals surface area contributed by atoms with Crippen molar-refractivity contribution in [3.63, 3.8) is 0 Å². The van der Waals surface area contributed by atoms with E-state index in [0.717, 1.165) is 0 Å². The van der Waals surface area contributed by atoms with E-state index in [1.165, 1.54) is 29.9 Å². The van der Waals surface area contributed by atoms with Gasteiger partial charge in [-0.2, -0.15) is 5.26 Å². The number of imidazole rings is 1.